The first-order valence-electron chi connectivity index (χ1n) is 3.33. The summed E-state index contributed by atoms with van der Waals surface area (Å²) in [5.41, 5.74) is 2.48. The molecule has 1 aliphatic rings. The Morgan fingerprint density at radius 2 is 1.70 bits per heavy atom. The van der Waals surface area contributed by atoms with E-state index < -0.39 is 0 Å². The fourth-order valence-electron chi connectivity index (χ4n) is 0.905. The zero-order chi connectivity index (χ0) is 6.97. The van der Waals surface area contributed by atoms with Crippen molar-refractivity contribution in [3.63, 3.8) is 0 Å². The highest BCUT2D eigenvalue weighted by Crippen LogP contribution is 2.30. The monoisotopic (exact) mass is 132 g/mol. The van der Waals surface area contributed by atoms with E-state index in [1.165, 1.54) is 11.1 Å². The topological polar surface area (TPSA) is 24.7 Å². The van der Waals surface area contributed by atoms with Gasteiger partial charge < -0.3 is 0 Å². The Labute approximate surface area is 59.6 Å². The first kappa shape index (κ1) is 5.59. The van der Waals surface area contributed by atoms with Crippen molar-refractivity contribution in [1.82, 2.24) is 0 Å². The lowest BCUT2D eigenvalue weighted by Gasteiger charge is -1.93. The van der Waals surface area contributed by atoms with Crippen molar-refractivity contribution in [2.45, 2.75) is 13.1 Å². The summed E-state index contributed by atoms with van der Waals surface area (Å²) in [5.74, 6) is 0. The fourth-order valence-corrected chi connectivity index (χ4v) is 0.905. The van der Waals surface area contributed by atoms with E-state index in [4.69, 9.17) is 0 Å². The Hall–Kier alpha value is -1.18. The molecular formula is C8H8N2. The van der Waals surface area contributed by atoms with Crippen LogP contribution in [-0.2, 0) is 0 Å². The highest BCUT2D eigenvalue weighted by molar-refractivity contribution is 5.25. The summed E-state index contributed by atoms with van der Waals surface area (Å²) in [6.07, 6.45) is 0.153. The van der Waals surface area contributed by atoms with Crippen LogP contribution in [-0.4, -0.2) is 0 Å². The molecule has 1 heterocycles. The molecule has 0 spiro atoms. The summed E-state index contributed by atoms with van der Waals surface area (Å²) >= 11 is 0. The standard InChI is InChI=1S/C8H8N2/c1-6-2-4-7(5-3-6)8-9-10-8/h2-5,8H,1H3. The Kier molecular flexibility index (Phi) is 1.07. The maximum atomic E-state index is 3.83. The Morgan fingerprint density at radius 1 is 1.10 bits per heavy atom. The van der Waals surface area contributed by atoms with Crippen LogP contribution in [0, 0.1) is 6.92 Å². The van der Waals surface area contributed by atoms with Crippen molar-refractivity contribution >= 4 is 0 Å². The van der Waals surface area contributed by atoms with E-state index in [-0.39, 0.29) is 6.17 Å². The molecule has 0 amide bonds. The normalized spacial score (nSPS) is 15.7. The fraction of sp³-hybridized carbons (Fsp3) is 0.250. The summed E-state index contributed by atoms with van der Waals surface area (Å²) in [6.45, 7) is 2.07. The summed E-state index contributed by atoms with van der Waals surface area (Å²) in [6, 6.07) is 8.30. The Balaban J connectivity index is 2.28. The quantitative estimate of drug-likeness (QED) is 0.560. The minimum atomic E-state index is 0.153. The van der Waals surface area contributed by atoms with E-state index in [0.29, 0.717) is 0 Å². The molecular weight excluding hydrogens is 124 g/mol. The molecule has 1 aromatic carbocycles. The van der Waals surface area contributed by atoms with Crippen LogP contribution in [0.3, 0.4) is 0 Å². The van der Waals surface area contributed by atoms with Crippen LogP contribution >= 0.6 is 0 Å². The van der Waals surface area contributed by atoms with Gasteiger partial charge in [-0.3, -0.25) is 0 Å². The third-order valence-corrected chi connectivity index (χ3v) is 1.61. The molecule has 0 saturated carbocycles. The molecule has 1 aromatic rings. The molecule has 1 aliphatic heterocycles. The minimum absolute atomic E-state index is 0.153. The molecule has 10 heavy (non-hydrogen) atoms. The van der Waals surface area contributed by atoms with Gasteiger partial charge >= 0.3 is 0 Å². The predicted octanol–water partition coefficient (Wildman–Crippen LogP) is 2.46. The van der Waals surface area contributed by atoms with E-state index >= 15 is 0 Å². The van der Waals surface area contributed by atoms with Crippen LogP contribution < -0.4 is 0 Å². The van der Waals surface area contributed by atoms with Crippen LogP contribution in [0.25, 0.3) is 0 Å². The van der Waals surface area contributed by atoms with E-state index in [9.17, 15) is 0 Å². The van der Waals surface area contributed by atoms with Crippen molar-refractivity contribution in [2.24, 2.45) is 10.2 Å². The second kappa shape index (κ2) is 1.90. The van der Waals surface area contributed by atoms with Gasteiger partial charge in [0.25, 0.3) is 0 Å². The lowest BCUT2D eigenvalue weighted by atomic mass is 10.1. The molecule has 0 atom stereocenters. The molecule has 0 saturated heterocycles. The Bertz CT molecular complexity index is 255. The molecule has 0 radical (unpaired) electrons. The number of aryl methyl sites for hydroxylation is 1. The van der Waals surface area contributed by atoms with E-state index in [1.807, 2.05) is 0 Å². The minimum Gasteiger partial charge on any atom is -0.157 e. The van der Waals surface area contributed by atoms with Crippen LogP contribution in [0.2, 0.25) is 0 Å². The molecule has 2 heteroatoms. The van der Waals surface area contributed by atoms with Gasteiger partial charge in [0, 0.05) is 5.56 Å². The molecule has 0 unspecified atom stereocenters. The summed E-state index contributed by atoms with van der Waals surface area (Å²) in [5, 5.41) is 7.65. The molecule has 50 valence electrons. The molecule has 0 N–H and O–H groups in total. The zero-order valence-corrected chi connectivity index (χ0v) is 5.78. The summed E-state index contributed by atoms with van der Waals surface area (Å²) in [4.78, 5) is 0. The summed E-state index contributed by atoms with van der Waals surface area (Å²) < 4.78 is 0. The second-order valence-electron chi connectivity index (χ2n) is 2.52. The first-order chi connectivity index (χ1) is 4.86. The van der Waals surface area contributed by atoms with Crippen molar-refractivity contribution < 1.29 is 0 Å². The van der Waals surface area contributed by atoms with E-state index in [1.54, 1.807) is 0 Å². The molecule has 2 rings (SSSR count). The van der Waals surface area contributed by atoms with Gasteiger partial charge in [0.2, 0.25) is 6.17 Å². The van der Waals surface area contributed by atoms with Gasteiger partial charge in [0.05, 0.1) is 0 Å². The van der Waals surface area contributed by atoms with Gasteiger partial charge in [0.15, 0.2) is 0 Å². The average Bonchev–Trinajstić information content (AvgIpc) is 2.71. The lowest BCUT2D eigenvalue weighted by molar-refractivity contribution is 1.05. The SMILES string of the molecule is Cc1ccc(C2N=N2)cc1. The largest absolute Gasteiger partial charge is 0.206 e. The molecule has 0 aliphatic carbocycles. The second-order valence-corrected chi connectivity index (χ2v) is 2.52. The average molecular weight is 132 g/mol. The Morgan fingerprint density at radius 3 is 2.20 bits per heavy atom. The van der Waals surface area contributed by atoms with E-state index in [0.717, 1.165) is 0 Å². The first-order valence-corrected chi connectivity index (χ1v) is 3.33. The third kappa shape index (κ3) is 0.923. The van der Waals surface area contributed by atoms with Crippen LogP contribution in [0.15, 0.2) is 34.5 Å². The maximum Gasteiger partial charge on any atom is 0.206 e. The molecule has 0 fully saturated rings. The van der Waals surface area contributed by atoms with Crippen molar-refractivity contribution in [3.05, 3.63) is 35.4 Å². The number of rotatable bonds is 1. The van der Waals surface area contributed by atoms with Crippen molar-refractivity contribution in [2.75, 3.05) is 0 Å². The smallest absolute Gasteiger partial charge is 0.157 e. The molecule has 0 bridgehead atoms. The molecule has 2 nitrogen and oxygen atoms in total. The highest BCUT2D eigenvalue weighted by atomic mass is 15.4. The van der Waals surface area contributed by atoms with Crippen LogP contribution in [0.1, 0.15) is 17.3 Å². The number of benzene rings is 1. The highest BCUT2D eigenvalue weighted by Gasteiger charge is 2.16. The number of hydrogen-bond donors (Lipinski definition) is 0. The predicted molar refractivity (Wildman–Crippen MR) is 38.8 cm³/mol. The van der Waals surface area contributed by atoms with Crippen molar-refractivity contribution in [3.8, 4) is 0 Å². The van der Waals surface area contributed by atoms with Gasteiger partial charge in [-0.1, -0.05) is 29.8 Å². The van der Waals surface area contributed by atoms with Crippen LogP contribution in [0.5, 0.6) is 0 Å². The van der Waals surface area contributed by atoms with Gasteiger partial charge in [-0.2, -0.15) is 10.2 Å². The summed E-state index contributed by atoms with van der Waals surface area (Å²) in [7, 11) is 0. The maximum absolute atomic E-state index is 3.83. The van der Waals surface area contributed by atoms with Gasteiger partial charge in [-0.25, -0.2) is 0 Å². The van der Waals surface area contributed by atoms with Gasteiger partial charge in [-0.15, -0.1) is 0 Å². The number of nitrogens with zero attached hydrogens (tertiary/aromatic N) is 2. The number of hydrogen-bond acceptors (Lipinski definition) is 2. The molecule has 0 aromatic heterocycles. The van der Waals surface area contributed by atoms with Gasteiger partial charge in [0.1, 0.15) is 0 Å². The third-order valence-electron chi connectivity index (χ3n) is 1.61. The van der Waals surface area contributed by atoms with E-state index in [2.05, 4.69) is 41.4 Å². The lowest BCUT2D eigenvalue weighted by Crippen LogP contribution is -1.78. The van der Waals surface area contributed by atoms with Crippen LogP contribution in [0.4, 0.5) is 0 Å². The van der Waals surface area contributed by atoms with Crippen molar-refractivity contribution in [1.29, 1.82) is 0 Å². The zero-order valence-electron chi connectivity index (χ0n) is 5.78. The van der Waals surface area contributed by atoms with Gasteiger partial charge in [-0.05, 0) is 6.92 Å².